The number of hydrogen-bond acceptors (Lipinski definition) is 4. The van der Waals surface area contributed by atoms with E-state index in [1.807, 2.05) is 12.1 Å². The zero-order chi connectivity index (χ0) is 21.8. The van der Waals surface area contributed by atoms with Gasteiger partial charge in [-0.2, -0.15) is 0 Å². The molecule has 2 amide bonds. The maximum atomic E-state index is 12.6. The summed E-state index contributed by atoms with van der Waals surface area (Å²) in [7, 11) is 0. The minimum atomic E-state index is -0.385. The zero-order valence-electron chi connectivity index (χ0n) is 17.5. The fourth-order valence-electron chi connectivity index (χ4n) is 3.90. The van der Waals surface area contributed by atoms with Gasteiger partial charge in [0.25, 0.3) is 11.8 Å². The Bertz CT molecular complexity index is 1010. The highest BCUT2D eigenvalue weighted by Gasteiger charge is 2.24. The molecule has 0 bridgehead atoms. The van der Waals surface area contributed by atoms with Gasteiger partial charge in [-0.05, 0) is 75.2 Å². The van der Waals surface area contributed by atoms with Crippen LogP contribution in [0.4, 0.5) is 5.69 Å². The van der Waals surface area contributed by atoms with Crippen LogP contribution in [0.5, 0.6) is 5.75 Å². The number of rotatable bonds is 6. The van der Waals surface area contributed by atoms with Crippen LogP contribution >= 0.6 is 11.6 Å². The summed E-state index contributed by atoms with van der Waals surface area (Å²) in [5.41, 5.74) is 1.64. The number of anilines is 1. The number of amides is 2. The van der Waals surface area contributed by atoms with Crippen LogP contribution in [0.3, 0.4) is 0 Å². The van der Waals surface area contributed by atoms with Gasteiger partial charge in [0.15, 0.2) is 11.5 Å². The van der Waals surface area contributed by atoms with Crippen LogP contribution in [-0.2, 0) is 4.79 Å². The normalized spacial score (nSPS) is 18.3. The van der Waals surface area contributed by atoms with E-state index in [-0.39, 0.29) is 17.6 Å². The van der Waals surface area contributed by atoms with Crippen molar-refractivity contribution in [3.63, 3.8) is 0 Å². The first-order chi connectivity index (χ1) is 15.0. The highest BCUT2D eigenvalue weighted by molar-refractivity contribution is 6.32. The van der Waals surface area contributed by atoms with Crippen molar-refractivity contribution in [1.29, 1.82) is 0 Å². The molecule has 162 valence electrons. The SMILES string of the molecule is C[C@@H](CCNC(=O)c1ccc2c(c1)NC(=O)/C(=C/c1ccccc1Cl)O2)N1CCCC1. The van der Waals surface area contributed by atoms with Gasteiger partial charge >= 0.3 is 0 Å². The number of nitrogens with zero attached hydrogens (tertiary/aromatic N) is 1. The van der Waals surface area contributed by atoms with Crippen LogP contribution in [0, 0.1) is 0 Å². The third-order valence-corrected chi connectivity index (χ3v) is 6.08. The van der Waals surface area contributed by atoms with E-state index in [0.29, 0.717) is 40.2 Å². The van der Waals surface area contributed by atoms with Gasteiger partial charge < -0.3 is 20.3 Å². The fraction of sp³-hybridized carbons (Fsp3) is 0.333. The summed E-state index contributed by atoms with van der Waals surface area (Å²) in [6.45, 7) is 5.11. The van der Waals surface area contributed by atoms with Gasteiger partial charge in [-0.1, -0.05) is 29.8 Å². The number of hydrogen-bond donors (Lipinski definition) is 2. The molecule has 1 atom stereocenters. The molecule has 0 unspecified atom stereocenters. The van der Waals surface area contributed by atoms with Crippen LogP contribution in [0.1, 0.15) is 42.1 Å². The molecule has 2 N–H and O–H groups in total. The number of ether oxygens (including phenoxy) is 1. The number of nitrogens with one attached hydrogen (secondary N) is 2. The summed E-state index contributed by atoms with van der Waals surface area (Å²) in [5.74, 6) is 0.0818. The molecular formula is C24H26ClN3O3. The number of benzene rings is 2. The van der Waals surface area contributed by atoms with Gasteiger partial charge in [0.05, 0.1) is 5.69 Å². The Morgan fingerprint density at radius 1 is 1.26 bits per heavy atom. The average molecular weight is 440 g/mol. The Morgan fingerprint density at radius 2 is 2.03 bits per heavy atom. The topological polar surface area (TPSA) is 70.7 Å². The molecule has 31 heavy (non-hydrogen) atoms. The van der Waals surface area contributed by atoms with Gasteiger partial charge in [0.2, 0.25) is 0 Å². The first kappa shape index (κ1) is 21.4. The molecule has 1 fully saturated rings. The molecule has 2 aliphatic heterocycles. The largest absolute Gasteiger partial charge is 0.449 e. The maximum Gasteiger partial charge on any atom is 0.291 e. The van der Waals surface area contributed by atoms with E-state index in [1.165, 1.54) is 12.8 Å². The van der Waals surface area contributed by atoms with Crippen LogP contribution in [0.2, 0.25) is 5.02 Å². The molecule has 2 aliphatic rings. The molecule has 0 aromatic heterocycles. The van der Waals surface area contributed by atoms with Crippen LogP contribution in [0.25, 0.3) is 6.08 Å². The number of carbonyl (C=O) groups is 2. The highest BCUT2D eigenvalue weighted by Crippen LogP contribution is 2.33. The van der Waals surface area contributed by atoms with Crippen molar-refractivity contribution < 1.29 is 14.3 Å². The van der Waals surface area contributed by atoms with Gasteiger partial charge in [0.1, 0.15) is 0 Å². The molecule has 0 aliphatic carbocycles. The summed E-state index contributed by atoms with van der Waals surface area (Å²) in [5, 5.41) is 6.30. The summed E-state index contributed by atoms with van der Waals surface area (Å²) in [6, 6.07) is 12.7. The molecule has 6 nitrogen and oxygen atoms in total. The molecule has 0 radical (unpaired) electrons. The quantitative estimate of drug-likeness (QED) is 0.658. The summed E-state index contributed by atoms with van der Waals surface area (Å²) in [4.78, 5) is 27.5. The Labute approximate surface area is 187 Å². The average Bonchev–Trinajstić information content (AvgIpc) is 3.30. The molecule has 0 spiro atoms. The van der Waals surface area contributed by atoms with Crippen molar-refractivity contribution >= 4 is 35.2 Å². The van der Waals surface area contributed by atoms with Crippen molar-refractivity contribution in [2.45, 2.75) is 32.2 Å². The summed E-state index contributed by atoms with van der Waals surface area (Å²) >= 11 is 6.17. The molecule has 2 aromatic carbocycles. The Kier molecular flexibility index (Phi) is 6.59. The summed E-state index contributed by atoms with van der Waals surface area (Å²) in [6.07, 6.45) is 5.03. The first-order valence-electron chi connectivity index (χ1n) is 10.6. The lowest BCUT2D eigenvalue weighted by Crippen LogP contribution is -2.34. The van der Waals surface area contributed by atoms with Crippen molar-refractivity contribution in [3.05, 3.63) is 64.4 Å². The van der Waals surface area contributed by atoms with Gasteiger partial charge in [-0.25, -0.2) is 0 Å². The second kappa shape index (κ2) is 9.54. The molecule has 1 saturated heterocycles. The van der Waals surface area contributed by atoms with Crippen LogP contribution in [-0.4, -0.2) is 42.4 Å². The Balaban J connectivity index is 1.39. The van der Waals surface area contributed by atoms with Crippen LogP contribution < -0.4 is 15.4 Å². The minimum Gasteiger partial charge on any atom is -0.449 e. The highest BCUT2D eigenvalue weighted by atomic mass is 35.5. The molecular weight excluding hydrogens is 414 g/mol. The number of fused-ring (bicyclic) bond motifs is 1. The molecule has 2 heterocycles. The van der Waals surface area contributed by atoms with Gasteiger partial charge in [-0.3, -0.25) is 9.59 Å². The van der Waals surface area contributed by atoms with Gasteiger partial charge in [-0.15, -0.1) is 0 Å². The van der Waals surface area contributed by atoms with E-state index in [1.54, 1.807) is 36.4 Å². The third-order valence-electron chi connectivity index (χ3n) is 5.74. The Morgan fingerprint density at radius 3 is 2.81 bits per heavy atom. The van der Waals surface area contributed by atoms with Crippen molar-refractivity contribution in [2.75, 3.05) is 25.0 Å². The minimum absolute atomic E-state index is 0.147. The predicted octanol–water partition coefficient (Wildman–Crippen LogP) is 4.32. The lowest BCUT2D eigenvalue weighted by Gasteiger charge is -2.23. The van der Waals surface area contributed by atoms with E-state index in [0.717, 1.165) is 19.5 Å². The second-order valence-corrected chi connectivity index (χ2v) is 8.34. The second-order valence-electron chi connectivity index (χ2n) is 7.93. The third kappa shape index (κ3) is 5.09. The number of likely N-dealkylation sites (tertiary alicyclic amines) is 1. The maximum absolute atomic E-state index is 12.6. The van der Waals surface area contributed by atoms with Crippen LogP contribution in [0.15, 0.2) is 48.2 Å². The monoisotopic (exact) mass is 439 g/mol. The van der Waals surface area contributed by atoms with Crippen molar-refractivity contribution in [3.8, 4) is 5.75 Å². The fourth-order valence-corrected chi connectivity index (χ4v) is 4.09. The number of carbonyl (C=O) groups excluding carboxylic acids is 2. The van der Waals surface area contributed by atoms with E-state index in [9.17, 15) is 9.59 Å². The molecule has 7 heteroatoms. The van der Waals surface area contributed by atoms with E-state index in [2.05, 4.69) is 22.5 Å². The molecule has 0 saturated carbocycles. The lowest BCUT2D eigenvalue weighted by atomic mass is 10.1. The zero-order valence-corrected chi connectivity index (χ0v) is 18.2. The van der Waals surface area contributed by atoms with E-state index >= 15 is 0 Å². The smallest absolute Gasteiger partial charge is 0.291 e. The van der Waals surface area contributed by atoms with E-state index in [4.69, 9.17) is 16.3 Å². The molecule has 4 rings (SSSR count). The van der Waals surface area contributed by atoms with E-state index < -0.39 is 0 Å². The van der Waals surface area contributed by atoms with Crippen molar-refractivity contribution in [1.82, 2.24) is 10.2 Å². The number of halogens is 1. The molecule has 2 aromatic rings. The van der Waals surface area contributed by atoms with Crippen molar-refractivity contribution in [2.24, 2.45) is 0 Å². The van der Waals surface area contributed by atoms with Gasteiger partial charge in [0, 0.05) is 23.2 Å². The standard InChI is InChI=1S/C24H26ClN3O3/c1-16(28-12-4-5-13-28)10-11-26-23(29)18-8-9-21-20(14-18)27-24(30)22(31-21)15-17-6-2-3-7-19(17)25/h2-3,6-9,14-16H,4-5,10-13H2,1H3,(H,26,29)(H,27,30)/b22-15-/t16-/m0/s1. The predicted molar refractivity (Wildman–Crippen MR) is 122 cm³/mol. The lowest BCUT2D eigenvalue weighted by molar-refractivity contribution is -0.115. The first-order valence-corrected chi connectivity index (χ1v) is 11.0. The summed E-state index contributed by atoms with van der Waals surface area (Å²) < 4.78 is 5.76. The Hall–Kier alpha value is -2.83.